The zero-order chi connectivity index (χ0) is 24.9. The van der Waals surface area contributed by atoms with Gasteiger partial charge in [0.15, 0.2) is 0 Å². The summed E-state index contributed by atoms with van der Waals surface area (Å²) in [7, 11) is 0. The second-order valence-electron chi connectivity index (χ2n) is 6.77. The fraction of sp³-hybridized carbons (Fsp3) is 0.526. The van der Waals surface area contributed by atoms with Crippen molar-refractivity contribution < 1.29 is 43.3 Å². The van der Waals surface area contributed by atoms with Crippen molar-refractivity contribution in [2.45, 2.75) is 19.3 Å². The highest BCUT2D eigenvalue weighted by molar-refractivity contribution is 6.01. The van der Waals surface area contributed by atoms with Gasteiger partial charge in [-0.2, -0.15) is 0 Å². The maximum atomic E-state index is 11.6. The number of hydrogen-bond acceptors (Lipinski definition) is 12. The molecular formula is C19H24N4O11. The molecule has 2 amide bonds. The number of carbonyl (C=O) groups excluding carboxylic acids is 3. The minimum atomic E-state index is -0.745. The van der Waals surface area contributed by atoms with Crippen LogP contribution < -0.4 is 5.32 Å². The molecule has 15 nitrogen and oxygen atoms in total. The maximum Gasteiger partial charge on any atom is 0.335 e. The van der Waals surface area contributed by atoms with E-state index in [1.54, 1.807) is 0 Å². The number of amides is 2. The Labute approximate surface area is 193 Å². The van der Waals surface area contributed by atoms with Crippen LogP contribution in [-0.2, 0) is 33.4 Å². The van der Waals surface area contributed by atoms with E-state index in [2.05, 4.69) is 5.32 Å². The number of imide groups is 1. The van der Waals surface area contributed by atoms with E-state index < -0.39 is 33.3 Å². The predicted octanol–water partition coefficient (Wildman–Crippen LogP) is 0.962. The second-order valence-corrected chi connectivity index (χ2v) is 6.77. The van der Waals surface area contributed by atoms with E-state index in [0.29, 0.717) is 5.06 Å². The highest BCUT2D eigenvalue weighted by Gasteiger charge is 2.32. The minimum Gasteiger partial charge on any atom is -0.378 e. The number of rotatable bonds is 16. The standard InChI is InChI=1S/C19H24N4O11/c24-17-3-4-18(25)21(17)34-19(26)5-7-31-9-11-33-12-10-32-8-6-20-15-2-1-14(22(27)28)13-16(15)23(29)30/h1-2,13,20H,3-12H2. The number of hydroxylamine groups is 2. The van der Waals surface area contributed by atoms with E-state index in [0.717, 1.165) is 6.07 Å². The SMILES string of the molecule is O=C(CCOCCOCCOCCNc1ccc([N+](=O)[O-])cc1[N+](=O)[O-])ON1C(=O)CCC1=O. The van der Waals surface area contributed by atoms with Crippen LogP contribution in [-0.4, -0.2) is 78.9 Å². The van der Waals surface area contributed by atoms with E-state index in [1.807, 2.05) is 0 Å². The Morgan fingerprint density at radius 2 is 1.50 bits per heavy atom. The topological polar surface area (TPSA) is 190 Å². The predicted molar refractivity (Wildman–Crippen MR) is 112 cm³/mol. The van der Waals surface area contributed by atoms with Crippen LogP contribution in [0.3, 0.4) is 0 Å². The Balaban J connectivity index is 1.46. The first kappa shape index (κ1) is 26.6. The Bertz CT molecular complexity index is 892. The van der Waals surface area contributed by atoms with Gasteiger partial charge in [0, 0.05) is 25.5 Å². The van der Waals surface area contributed by atoms with E-state index in [4.69, 9.17) is 19.0 Å². The van der Waals surface area contributed by atoms with Gasteiger partial charge in [0.05, 0.1) is 62.0 Å². The molecule has 0 radical (unpaired) electrons. The quantitative estimate of drug-likeness (QED) is 0.152. The molecule has 1 aromatic carbocycles. The molecular weight excluding hydrogens is 460 g/mol. The summed E-state index contributed by atoms with van der Waals surface area (Å²) in [6.07, 6.45) is -0.0644. The van der Waals surface area contributed by atoms with Crippen LogP contribution in [0.15, 0.2) is 18.2 Å². The Kier molecular flexibility index (Phi) is 10.8. The third-order valence-electron chi connectivity index (χ3n) is 4.34. The van der Waals surface area contributed by atoms with Crippen LogP contribution in [0.4, 0.5) is 17.1 Å². The summed E-state index contributed by atoms with van der Waals surface area (Å²) in [5.74, 6) is -1.83. The molecule has 2 rings (SSSR count). The fourth-order valence-corrected chi connectivity index (χ4v) is 2.69. The van der Waals surface area contributed by atoms with Crippen LogP contribution in [0.2, 0.25) is 0 Å². The summed E-state index contributed by atoms with van der Waals surface area (Å²) in [6.45, 7) is 1.48. The van der Waals surface area contributed by atoms with E-state index in [9.17, 15) is 34.6 Å². The Morgan fingerprint density at radius 3 is 2.09 bits per heavy atom. The average Bonchev–Trinajstić information content (AvgIpc) is 3.11. The smallest absolute Gasteiger partial charge is 0.335 e. The van der Waals surface area contributed by atoms with E-state index in [1.165, 1.54) is 12.1 Å². The molecule has 0 saturated carbocycles. The summed E-state index contributed by atoms with van der Waals surface area (Å²) in [5, 5.41) is 25.1. The lowest BCUT2D eigenvalue weighted by Gasteiger charge is -2.12. The second kappa shape index (κ2) is 13.8. The summed E-state index contributed by atoms with van der Waals surface area (Å²) < 4.78 is 15.8. The third kappa shape index (κ3) is 8.68. The maximum absolute atomic E-state index is 11.6. The number of ether oxygens (including phenoxy) is 3. The van der Waals surface area contributed by atoms with Crippen molar-refractivity contribution in [1.29, 1.82) is 0 Å². The van der Waals surface area contributed by atoms with Crippen molar-refractivity contribution in [2.75, 3.05) is 51.5 Å². The molecule has 1 aromatic rings. The monoisotopic (exact) mass is 484 g/mol. The van der Waals surface area contributed by atoms with Crippen molar-refractivity contribution >= 4 is 34.8 Å². The average molecular weight is 484 g/mol. The highest BCUT2D eigenvalue weighted by atomic mass is 16.7. The van der Waals surface area contributed by atoms with Gasteiger partial charge in [-0.05, 0) is 6.07 Å². The van der Waals surface area contributed by atoms with Crippen LogP contribution >= 0.6 is 0 Å². The molecule has 0 aliphatic carbocycles. The van der Waals surface area contributed by atoms with Gasteiger partial charge in [0.2, 0.25) is 0 Å². The van der Waals surface area contributed by atoms with Crippen molar-refractivity contribution in [3.8, 4) is 0 Å². The molecule has 34 heavy (non-hydrogen) atoms. The molecule has 0 aromatic heterocycles. The number of anilines is 1. The summed E-state index contributed by atoms with van der Waals surface area (Å²) in [6, 6.07) is 3.33. The molecule has 1 N–H and O–H groups in total. The molecule has 15 heteroatoms. The Hall–Kier alpha value is -3.69. The fourth-order valence-electron chi connectivity index (χ4n) is 2.69. The number of hydrogen-bond donors (Lipinski definition) is 1. The van der Waals surface area contributed by atoms with Crippen molar-refractivity contribution in [3.05, 3.63) is 38.4 Å². The molecule has 0 spiro atoms. The lowest BCUT2D eigenvalue weighted by Crippen LogP contribution is -2.32. The molecule has 1 fully saturated rings. The number of carbonyl (C=O) groups is 3. The van der Waals surface area contributed by atoms with E-state index in [-0.39, 0.29) is 76.8 Å². The lowest BCUT2D eigenvalue weighted by molar-refractivity contribution is -0.393. The zero-order valence-electron chi connectivity index (χ0n) is 18.1. The van der Waals surface area contributed by atoms with Gasteiger partial charge < -0.3 is 24.4 Å². The molecule has 0 atom stereocenters. The zero-order valence-corrected chi connectivity index (χ0v) is 18.1. The number of nitrogens with zero attached hydrogens (tertiary/aromatic N) is 3. The molecule has 1 heterocycles. The lowest BCUT2D eigenvalue weighted by atomic mass is 10.2. The Morgan fingerprint density at radius 1 is 0.912 bits per heavy atom. The molecule has 1 aliphatic rings. The number of nitro benzene ring substituents is 2. The van der Waals surface area contributed by atoms with Crippen LogP contribution in [0.1, 0.15) is 19.3 Å². The molecule has 1 saturated heterocycles. The highest BCUT2D eigenvalue weighted by Crippen LogP contribution is 2.28. The van der Waals surface area contributed by atoms with Crippen LogP contribution in [0.5, 0.6) is 0 Å². The molecule has 186 valence electrons. The van der Waals surface area contributed by atoms with Gasteiger partial charge in [0.25, 0.3) is 23.2 Å². The number of benzene rings is 1. The number of nitrogens with one attached hydrogen (secondary N) is 1. The molecule has 0 bridgehead atoms. The van der Waals surface area contributed by atoms with Gasteiger partial charge in [-0.1, -0.05) is 0 Å². The van der Waals surface area contributed by atoms with Crippen LogP contribution in [0.25, 0.3) is 0 Å². The first-order chi connectivity index (χ1) is 16.3. The summed E-state index contributed by atoms with van der Waals surface area (Å²) in [5.41, 5.74) is -0.622. The number of non-ortho nitro benzene ring substituents is 1. The van der Waals surface area contributed by atoms with Gasteiger partial charge in [-0.15, -0.1) is 5.06 Å². The summed E-state index contributed by atoms with van der Waals surface area (Å²) >= 11 is 0. The normalized spacial score (nSPS) is 13.2. The van der Waals surface area contributed by atoms with Crippen molar-refractivity contribution in [2.24, 2.45) is 0 Å². The van der Waals surface area contributed by atoms with Gasteiger partial charge in [-0.25, -0.2) is 4.79 Å². The van der Waals surface area contributed by atoms with Gasteiger partial charge in [0.1, 0.15) is 5.69 Å². The molecule has 1 aliphatic heterocycles. The van der Waals surface area contributed by atoms with Gasteiger partial charge >= 0.3 is 5.97 Å². The minimum absolute atomic E-state index is 0.0303. The van der Waals surface area contributed by atoms with Gasteiger partial charge in [-0.3, -0.25) is 29.8 Å². The largest absolute Gasteiger partial charge is 0.378 e. The van der Waals surface area contributed by atoms with Crippen molar-refractivity contribution in [1.82, 2.24) is 5.06 Å². The third-order valence-corrected chi connectivity index (χ3v) is 4.34. The van der Waals surface area contributed by atoms with Crippen LogP contribution in [0, 0.1) is 20.2 Å². The van der Waals surface area contributed by atoms with Crippen molar-refractivity contribution in [3.63, 3.8) is 0 Å². The first-order valence-electron chi connectivity index (χ1n) is 10.3. The number of nitro groups is 2. The molecule has 0 unspecified atom stereocenters. The first-order valence-corrected chi connectivity index (χ1v) is 10.3. The summed E-state index contributed by atoms with van der Waals surface area (Å²) in [4.78, 5) is 59.3. The van der Waals surface area contributed by atoms with E-state index >= 15 is 0 Å².